The molecule has 0 spiro atoms. The van der Waals surface area contributed by atoms with Gasteiger partial charge in [0.05, 0.1) is 4.90 Å². The predicted octanol–water partition coefficient (Wildman–Crippen LogP) is 4.10. The van der Waals surface area contributed by atoms with Gasteiger partial charge < -0.3 is 5.32 Å². The molecule has 0 bridgehead atoms. The Kier molecular flexibility index (Phi) is 5.33. The van der Waals surface area contributed by atoms with Crippen LogP contribution in [0.25, 0.3) is 0 Å². The van der Waals surface area contributed by atoms with Gasteiger partial charge in [0, 0.05) is 27.7 Å². The van der Waals surface area contributed by atoms with Crippen LogP contribution in [0.5, 0.6) is 0 Å². The molecule has 0 aliphatic heterocycles. The number of carbonyl (C=O) groups excluding carboxylic acids is 1. The maximum atomic E-state index is 12.7. The molecule has 0 radical (unpaired) electrons. The van der Waals surface area contributed by atoms with Gasteiger partial charge in [-0.2, -0.15) is 0 Å². The second kappa shape index (κ2) is 7.78. The van der Waals surface area contributed by atoms with Crippen LogP contribution in [-0.4, -0.2) is 24.8 Å². The van der Waals surface area contributed by atoms with Crippen molar-refractivity contribution in [2.45, 2.75) is 29.7 Å². The van der Waals surface area contributed by atoms with Crippen LogP contribution in [0.15, 0.2) is 65.0 Å². The highest BCUT2D eigenvalue weighted by Gasteiger charge is 2.44. The maximum absolute atomic E-state index is 12.7. The Bertz CT molecular complexity index is 1130. The highest BCUT2D eigenvalue weighted by Crippen LogP contribution is 2.40. The van der Waals surface area contributed by atoms with E-state index in [1.807, 2.05) is 24.3 Å². The van der Waals surface area contributed by atoms with Crippen LogP contribution in [0.3, 0.4) is 0 Å². The summed E-state index contributed by atoms with van der Waals surface area (Å²) in [4.78, 5) is 16.7. The lowest BCUT2D eigenvalue weighted by Gasteiger charge is -2.18. The molecule has 9 heteroatoms. The van der Waals surface area contributed by atoms with Crippen molar-refractivity contribution in [1.82, 2.24) is 10.3 Å². The highest BCUT2D eigenvalue weighted by atomic mass is 35.5. The number of benzene rings is 2. The average Bonchev–Trinajstić information content (AvgIpc) is 3.25. The molecule has 1 aliphatic rings. The smallest absolute Gasteiger partial charge is 0.263 e. The topological polar surface area (TPSA) is 88.2 Å². The zero-order valence-electron chi connectivity index (χ0n) is 15.3. The lowest BCUT2D eigenvalue weighted by Crippen LogP contribution is -2.38. The largest absolute Gasteiger partial charge is 0.346 e. The van der Waals surface area contributed by atoms with E-state index in [0.29, 0.717) is 22.1 Å². The van der Waals surface area contributed by atoms with E-state index < -0.39 is 10.0 Å². The molecule has 0 atom stereocenters. The summed E-state index contributed by atoms with van der Waals surface area (Å²) in [5.41, 5.74) is 1.12. The number of nitrogens with zero attached hydrogens (tertiary/aromatic N) is 1. The molecule has 0 unspecified atom stereocenters. The van der Waals surface area contributed by atoms with Crippen molar-refractivity contribution in [1.29, 1.82) is 0 Å². The van der Waals surface area contributed by atoms with Gasteiger partial charge in [-0.25, -0.2) is 13.4 Å². The van der Waals surface area contributed by atoms with E-state index in [1.54, 1.807) is 5.38 Å². The minimum Gasteiger partial charge on any atom is -0.346 e. The molecule has 29 heavy (non-hydrogen) atoms. The third-order valence-electron chi connectivity index (χ3n) is 4.80. The van der Waals surface area contributed by atoms with E-state index in [0.717, 1.165) is 18.4 Å². The Labute approximate surface area is 178 Å². The fourth-order valence-electron chi connectivity index (χ4n) is 3.05. The molecule has 3 aromatic rings. The molecule has 1 saturated carbocycles. The first kappa shape index (κ1) is 19.9. The van der Waals surface area contributed by atoms with Gasteiger partial charge in [-0.3, -0.25) is 9.52 Å². The minimum absolute atomic E-state index is 0.0708. The molecule has 1 amide bonds. The molecule has 2 N–H and O–H groups in total. The molecule has 6 nitrogen and oxygen atoms in total. The molecule has 1 aromatic heterocycles. The summed E-state index contributed by atoms with van der Waals surface area (Å²) in [6, 6.07) is 13.5. The zero-order chi connectivity index (χ0) is 20.5. The van der Waals surface area contributed by atoms with Crippen LogP contribution >= 0.6 is 22.9 Å². The number of carbonyl (C=O) groups is 1. The van der Waals surface area contributed by atoms with E-state index in [-0.39, 0.29) is 16.3 Å². The first-order chi connectivity index (χ1) is 13.9. The summed E-state index contributed by atoms with van der Waals surface area (Å²) in [7, 11) is -3.74. The van der Waals surface area contributed by atoms with Gasteiger partial charge in [-0.15, -0.1) is 11.3 Å². The molecule has 150 valence electrons. The van der Waals surface area contributed by atoms with Crippen LogP contribution in [0, 0.1) is 0 Å². The second-order valence-electron chi connectivity index (χ2n) is 6.97. The first-order valence-electron chi connectivity index (χ1n) is 8.95. The molecule has 1 heterocycles. The van der Waals surface area contributed by atoms with E-state index >= 15 is 0 Å². The standard InChI is InChI=1S/C20H18ClN3O3S2/c21-17-4-2-1-3-15(17)13-20(9-10-20)23-18(25)14-5-7-16(8-6-14)29(26,27)24-19-22-11-12-28-19/h1-8,11-12H,9-10,13H2,(H,22,24)(H,23,25). The van der Waals surface area contributed by atoms with Gasteiger partial charge in [-0.1, -0.05) is 29.8 Å². The van der Waals surface area contributed by atoms with Crippen molar-refractivity contribution in [3.05, 3.63) is 76.3 Å². The number of hydrogen-bond acceptors (Lipinski definition) is 5. The van der Waals surface area contributed by atoms with E-state index in [2.05, 4.69) is 15.0 Å². The molecule has 0 saturated heterocycles. The zero-order valence-corrected chi connectivity index (χ0v) is 17.7. The molecule has 1 fully saturated rings. The van der Waals surface area contributed by atoms with Crippen molar-refractivity contribution in [2.75, 3.05) is 4.72 Å². The Morgan fingerprint density at radius 2 is 1.86 bits per heavy atom. The number of thiazole rings is 1. The Hall–Kier alpha value is -2.42. The highest BCUT2D eigenvalue weighted by molar-refractivity contribution is 7.93. The van der Waals surface area contributed by atoms with Gasteiger partial charge in [0.15, 0.2) is 5.13 Å². The number of halogens is 1. The van der Waals surface area contributed by atoms with Crippen molar-refractivity contribution < 1.29 is 13.2 Å². The van der Waals surface area contributed by atoms with Crippen molar-refractivity contribution in [2.24, 2.45) is 0 Å². The Morgan fingerprint density at radius 1 is 1.14 bits per heavy atom. The van der Waals surface area contributed by atoms with E-state index in [9.17, 15) is 13.2 Å². The summed E-state index contributed by atoms with van der Waals surface area (Å²) in [6.45, 7) is 0. The Balaban J connectivity index is 1.44. The molecule has 1 aliphatic carbocycles. The van der Waals surface area contributed by atoms with Gasteiger partial charge in [0.2, 0.25) is 0 Å². The third-order valence-corrected chi connectivity index (χ3v) is 7.34. The van der Waals surface area contributed by atoms with E-state index in [4.69, 9.17) is 11.6 Å². The summed E-state index contributed by atoms with van der Waals surface area (Å²) >= 11 is 7.44. The van der Waals surface area contributed by atoms with Crippen LogP contribution in [0.2, 0.25) is 5.02 Å². The fourth-order valence-corrected chi connectivity index (χ4v) is 5.04. The summed E-state index contributed by atoms with van der Waals surface area (Å²) in [6.07, 6.45) is 3.96. The number of nitrogens with one attached hydrogen (secondary N) is 2. The number of hydrogen-bond donors (Lipinski definition) is 2. The number of rotatable bonds is 7. The van der Waals surface area contributed by atoms with Crippen molar-refractivity contribution >= 4 is 44.0 Å². The SMILES string of the molecule is O=C(NC1(Cc2ccccc2Cl)CC1)c1ccc(S(=O)(=O)Nc2nccs2)cc1. The van der Waals surface area contributed by atoms with Crippen LogP contribution in [0.1, 0.15) is 28.8 Å². The third kappa shape index (κ3) is 4.60. The number of sulfonamides is 1. The first-order valence-corrected chi connectivity index (χ1v) is 11.7. The summed E-state index contributed by atoms with van der Waals surface area (Å²) in [5, 5.41) is 5.75. The van der Waals surface area contributed by atoms with Crippen LogP contribution in [0.4, 0.5) is 5.13 Å². The molecular weight excluding hydrogens is 430 g/mol. The van der Waals surface area contributed by atoms with Crippen LogP contribution < -0.4 is 10.0 Å². The number of amides is 1. The minimum atomic E-state index is -3.74. The van der Waals surface area contributed by atoms with Gasteiger partial charge in [0.25, 0.3) is 15.9 Å². The maximum Gasteiger partial charge on any atom is 0.263 e. The molecule has 2 aromatic carbocycles. The van der Waals surface area contributed by atoms with E-state index in [1.165, 1.54) is 41.8 Å². The lowest BCUT2D eigenvalue weighted by atomic mass is 10.0. The summed E-state index contributed by atoms with van der Waals surface area (Å²) in [5.74, 6) is -0.230. The number of anilines is 1. The number of aromatic nitrogens is 1. The second-order valence-corrected chi connectivity index (χ2v) is 9.95. The Morgan fingerprint density at radius 3 is 2.48 bits per heavy atom. The van der Waals surface area contributed by atoms with Gasteiger partial charge in [-0.05, 0) is 55.2 Å². The predicted molar refractivity (Wildman–Crippen MR) is 114 cm³/mol. The van der Waals surface area contributed by atoms with Gasteiger partial charge in [0.1, 0.15) is 0 Å². The van der Waals surface area contributed by atoms with Crippen LogP contribution in [-0.2, 0) is 16.4 Å². The average molecular weight is 448 g/mol. The quantitative estimate of drug-likeness (QED) is 0.570. The fraction of sp³-hybridized carbons (Fsp3) is 0.200. The van der Waals surface area contributed by atoms with Gasteiger partial charge >= 0.3 is 0 Å². The monoisotopic (exact) mass is 447 g/mol. The molecule has 4 rings (SSSR count). The lowest BCUT2D eigenvalue weighted by molar-refractivity contribution is 0.0931. The molecular formula is C20H18ClN3O3S2. The normalized spacial score (nSPS) is 14.9. The summed E-state index contributed by atoms with van der Waals surface area (Å²) < 4.78 is 27.2. The van der Waals surface area contributed by atoms with Crippen molar-refractivity contribution in [3.63, 3.8) is 0 Å². The van der Waals surface area contributed by atoms with Crippen molar-refractivity contribution in [3.8, 4) is 0 Å².